The minimum absolute atomic E-state index is 0.0417. The second-order valence-corrected chi connectivity index (χ2v) is 4.82. The largest absolute Gasteiger partial charge is 0.379 e. The van der Waals surface area contributed by atoms with Crippen LogP contribution >= 0.6 is 0 Å². The fraction of sp³-hybridized carbons (Fsp3) is 0.500. The molecule has 0 radical (unpaired) electrons. The minimum Gasteiger partial charge on any atom is -0.379 e. The second kappa shape index (κ2) is 8.80. The molecular formula is C14H23NO3. The highest BCUT2D eigenvalue weighted by Crippen LogP contribution is 2.03. The molecule has 0 saturated carbocycles. The average Bonchev–Trinajstić information content (AvgIpc) is 2.37. The van der Waals surface area contributed by atoms with Crippen LogP contribution < -0.4 is 5.90 Å². The van der Waals surface area contributed by atoms with Crippen LogP contribution in [0.2, 0.25) is 0 Å². The van der Waals surface area contributed by atoms with Crippen LogP contribution in [0.15, 0.2) is 30.3 Å². The Morgan fingerprint density at radius 1 is 1.28 bits per heavy atom. The highest BCUT2D eigenvalue weighted by Gasteiger charge is 2.06. The molecule has 1 unspecified atom stereocenters. The summed E-state index contributed by atoms with van der Waals surface area (Å²) in [6.07, 6.45) is 0.695. The molecule has 1 aromatic rings. The van der Waals surface area contributed by atoms with Gasteiger partial charge in [0.2, 0.25) is 0 Å². The molecule has 0 bridgehead atoms. The summed E-state index contributed by atoms with van der Waals surface area (Å²) in [6.45, 7) is 6.06. The van der Waals surface area contributed by atoms with Gasteiger partial charge in [-0.25, -0.2) is 5.90 Å². The first-order valence-corrected chi connectivity index (χ1v) is 5.83. The molecule has 0 aromatic heterocycles. The summed E-state index contributed by atoms with van der Waals surface area (Å²) in [6, 6.07) is 9.59. The lowest BCUT2D eigenvalue weighted by Gasteiger charge is -2.14. The fourth-order valence-electron chi connectivity index (χ4n) is 0.975. The van der Waals surface area contributed by atoms with Crippen molar-refractivity contribution in [3.63, 3.8) is 0 Å². The van der Waals surface area contributed by atoms with E-state index in [-0.39, 0.29) is 5.60 Å². The molecule has 0 aliphatic heterocycles. The Balaban J connectivity index is 0.000000411. The molecule has 0 saturated heterocycles. The number of methoxy groups -OCH3 is 1. The molecule has 1 rings (SSSR count). The third kappa shape index (κ3) is 8.87. The van der Waals surface area contributed by atoms with E-state index in [1.165, 1.54) is 0 Å². The molecule has 0 aliphatic carbocycles. The van der Waals surface area contributed by atoms with Gasteiger partial charge in [-0.15, -0.1) is 0 Å². The van der Waals surface area contributed by atoms with E-state index in [0.717, 1.165) is 5.56 Å². The van der Waals surface area contributed by atoms with Crippen LogP contribution in [-0.2, 0) is 20.8 Å². The Hall–Kier alpha value is -1.23. The summed E-state index contributed by atoms with van der Waals surface area (Å²) in [5.41, 5.74) is 1.08. The van der Waals surface area contributed by atoms with Crippen molar-refractivity contribution in [2.45, 2.75) is 38.9 Å². The van der Waals surface area contributed by atoms with Crippen molar-refractivity contribution in [2.24, 2.45) is 5.90 Å². The van der Waals surface area contributed by atoms with Crippen LogP contribution in [0.3, 0.4) is 0 Å². The van der Waals surface area contributed by atoms with Crippen molar-refractivity contribution in [3.05, 3.63) is 35.9 Å². The van der Waals surface area contributed by atoms with E-state index in [1.807, 2.05) is 51.1 Å². The Labute approximate surface area is 109 Å². The lowest BCUT2D eigenvalue weighted by molar-refractivity contribution is -0.118. The van der Waals surface area contributed by atoms with Crippen LogP contribution in [-0.4, -0.2) is 25.1 Å². The molecule has 18 heavy (non-hydrogen) atoms. The minimum atomic E-state index is -0.535. The summed E-state index contributed by atoms with van der Waals surface area (Å²) < 4.78 is 4.94. The molecule has 102 valence electrons. The lowest BCUT2D eigenvalue weighted by Crippen LogP contribution is -2.21. The summed E-state index contributed by atoms with van der Waals surface area (Å²) in [4.78, 5) is 14.8. The second-order valence-electron chi connectivity index (χ2n) is 4.82. The molecule has 0 aliphatic rings. The highest BCUT2D eigenvalue weighted by atomic mass is 16.6. The van der Waals surface area contributed by atoms with Crippen LogP contribution in [0.4, 0.5) is 0 Å². The summed E-state index contributed by atoms with van der Waals surface area (Å²) in [5, 5.41) is 0. The normalized spacial score (nSPS) is 12.3. The predicted molar refractivity (Wildman–Crippen MR) is 72.0 cm³/mol. The van der Waals surface area contributed by atoms with Gasteiger partial charge >= 0.3 is 0 Å². The first-order chi connectivity index (χ1) is 8.42. The van der Waals surface area contributed by atoms with E-state index in [0.29, 0.717) is 12.7 Å². The van der Waals surface area contributed by atoms with Crippen molar-refractivity contribution >= 4 is 6.29 Å². The number of hydrogen-bond acceptors (Lipinski definition) is 4. The number of carbonyl (C=O) groups is 1. The molecule has 4 nitrogen and oxygen atoms in total. The van der Waals surface area contributed by atoms with E-state index < -0.39 is 6.10 Å². The topological polar surface area (TPSA) is 61.6 Å². The monoisotopic (exact) mass is 253 g/mol. The highest BCUT2D eigenvalue weighted by molar-refractivity contribution is 5.56. The van der Waals surface area contributed by atoms with Crippen molar-refractivity contribution < 1.29 is 14.4 Å². The van der Waals surface area contributed by atoms with E-state index in [2.05, 4.69) is 4.84 Å². The SMILES string of the molecule is COC(C)(C)C.NOC(C=O)Cc1ccccc1. The van der Waals surface area contributed by atoms with Crippen LogP contribution in [0.25, 0.3) is 0 Å². The van der Waals surface area contributed by atoms with E-state index in [4.69, 9.17) is 10.6 Å². The summed E-state index contributed by atoms with van der Waals surface area (Å²) >= 11 is 0. The van der Waals surface area contributed by atoms with Gasteiger partial charge in [0.1, 0.15) is 6.10 Å². The molecule has 1 atom stereocenters. The molecule has 0 amide bonds. The zero-order chi connectivity index (χ0) is 14.0. The number of benzene rings is 1. The Morgan fingerprint density at radius 2 is 1.78 bits per heavy atom. The zero-order valence-electron chi connectivity index (χ0n) is 11.6. The van der Waals surface area contributed by atoms with Gasteiger partial charge in [-0.3, -0.25) is 4.84 Å². The first-order valence-electron chi connectivity index (χ1n) is 5.83. The van der Waals surface area contributed by atoms with E-state index in [1.54, 1.807) is 7.11 Å². The summed E-state index contributed by atoms with van der Waals surface area (Å²) in [7, 11) is 1.71. The zero-order valence-corrected chi connectivity index (χ0v) is 11.6. The van der Waals surface area contributed by atoms with Crippen molar-refractivity contribution in [2.75, 3.05) is 7.11 Å². The van der Waals surface area contributed by atoms with Gasteiger partial charge < -0.3 is 9.53 Å². The third-order valence-electron chi connectivity index (χ3n) is 2.22. The molecule has 0 fully saturated rings. The lowest BCUT2D eigenvalue weighted by atomic mass is 10.1. The Morgan fingerprint density at radius 3 is 2.11 bits per heavy atom. The van der Waals surface area contributed by atoms with Gasteiger partial charge in [0, 0.05) is 13.5 Å². The molecule has 0 spiro atoms. The fourth-order valence-corrected chi connectivity index (χ4v) is 0.975. The van der Waals surface area contributed by atoms with Gasteiger partial charge in [-0.1, -0.05) is 30.3 Å². The van der Waals surface area contributed by atoms with Crippen LogP contribution in [0, 0.1) is 0 Å². The molecule has 2 N–H and O–H groups in total. The number of aldehydes is 1. The van der Waals surface area contributed by atoms with Crippen molar-refractivity contribution in [1.29, 1.82) is 0 Å². The predicted octanol–water partition coefficient (Wildman–Crippen LogP) is 2.12. The van der Waals surface area contributed by atoms with Gasteiger partial charge in [-0.05, 0) is 26.3 Å². The molecule has 4 heteroatoms. The molecular weight excluding hydrogens is 230 g/mol. The number of carbonyl (C=O) groups excluding carboxylic acids is 1. The number of hydrogen-bond donors (Lipinski definition) is 1. The van der Waals surface area contributed by atoms with Gasteiger partial charge in [0.15, 0.2) is 6.29 Å². The maximum Gasteiger partial charge on any atom is 0.151 e. The average molecular weight is 253 g/mol. The third-order valence-corrected chi connectivity index (χ3v) is 2.22. The Kier molecular flexibility index (Phi) is 8.20. The molecule has 1 aromatic carbocycles. The number of ether oxygens (including phenoxy) is 1. The van der Waals surface area contributed by atoms with Crippen molar-refractivity contribution in [3.8, 4) is 0 Å². The van der Waals surface area contributed by atoms with E-state index in [9.17, 15) is 4.79 Å². The quantitative estimate of drug-likeness (QED) is 0.659. The summed E-state index contributed by atoms with van der Waals surface area (Å²) in [5.74, 6) is 4.90. The van der Waals surface area contributed by atoms with Gasteiger partial charge in [0.25, 0.3) is 0 Å². The standard InChI is InChI=1S/C9H11NO2.C5H12O/c10-12-9(7-11)6-8-4-2-1-3-5-8;1-5(2,3)6-4/h1-5,7,9H,6,10H2;1-4H3. The van der Waals surface area contributed by atoms with Crippen LogP contribution in [0.1, 0.15) is 26.3 Å². The smallest absolute Gasteiger partial charge is 0.151 e. The van der Waals surface area contributed by atoms with Crippen molar-refractivity contribution in [1.82, 2.24) is 0 Å². The maximum atomic E-state index is 10.3. The Bertz CT molecular complexity index is 320. The van der Waals surface area contributed by atoms with E-state index >= 15 is 0 Å². The number of rotatable bonds is 4. The molecule has 0 heterocycles. The maximum absolute atomic E-state index is 10.3. The first kappa shape index (κ1) is 16.8. The van der Waals surface area contributed by atoms with Gasteiger partial charge in [0.05, 0.1) is 5.60 Å². The van der Waals surface area contributed by atoms with Gasteiger partial charge in [-0.2, -0.15) is 0 Å². The number of nitrogens with two attached hydrogens (primary N) is 1. The van der Waals surface area contributed by atoms with Crippen LogP contribution in [0.5, 0.6) is 0 Å².